The van der Waals surface area contributed by atoms with E-state index in [1.807, 2.05) is 38.1 Å². The molecular formula is C41H48ClNO9. The minimum absolute atomic E-state index is 0.119. The van der Waals surface area contributed by atoms with Gasteiger partial charge in [0, 0.05) is 47.5 Å². The summed E-state index contributed by atoms with van der Waals surface area (Å²) in [7, 11) is 3.74. The Kier molecular flexibility index (Phi) is 15.7. The van der Waals surface area contributed by atoms with Crippen molar-refractivity contribution in [1.29, 1.82) is 0 Å². The predicted octanol–water partition coefficient (Wildman–Crippen LogP) is 8.14. The number of methoxy groups -OCH3 is 1. The molecule has 278 valence electrons. The Balaban J connectivity index is 0.000000235. The fourth-order valence-electron chi connectivity index (χ4n) is 5.89. The lowest BCUT2D eigenvalue weighted by molar-refractivity contribution is -0.134. The van der Waals surface area contributed by atoms with Crippen LogP contribution >= 0.6 is 11.6 Å². The second-order valence-corrected chi connectivity index (χ2v) is 13.3. The number of benzene rings is 3. The topological polar surface area (TPSA) is 147 Å². The first-order chi connectivity index (χ1) is 24.7. The van der Waals surface area contributed by atoms with Crippen LogP contribution in [0.5, 0.6) is 11.5 Å². The number of nitrogens with zero attached hydrogens (tertiary/aromatic N) is 1. The van der Waals surface area contributed by atoms with Crippen LogP contribution < -0.4 is 10.2 Å². The zero-order valence-electron chi connectivity index (χ0n) is 30.5. The summed E-state index contributed by atoms with van der Waals surface area (Å²) < 4.78 is 17.4. The monoisotopic (exact) mass is 733 g/mol. The number of likely N-dealkylation sites (tertiary alicyclic amines) is 1. The van der Waals surface area contributed by atoms with Gasteiger partial charge in [-0.15, -0.1) is 0 Å². The molecule has 2 unspecified atom stereocenters. The summed E-state index contributed by atoms with van der Waals surface area (Å²) in [4.78, 5) is 33.6. The molecule has 10 nitrogen and oxygen atoms in total. The highest BCUT2D eigenvalue weighted by Gasteiger charge is 2.31. The number of aryl methyl sites for hydroxylation is 1. The highest BCUT2D eigenvalue weighted by atomic mass is 35.5. The lowest BCUT2D eigenvalue weighted by atomic mass is 9.88. The molecule has 52 heavy (non-hydrogen) atoms. The average molecular weight is 734 g/mol. The lowest BCUT2D eigenvalue weighted by Crippen LogP contribution is -2.31. The first-order valence-electron chi connectivity index (χ1n) is 16.9. The third kappa shape index (κ3) is 11.8. The number of ether oxygens (including phenoxy) is 2. The summed E-state index contributed by atoms with van der Waals surface area (Å²) in [6, 6.07) is 21.9. The number of halogens is 1. The Bertz CT molecular complexity index is 1900. The highest BCUT2D eigenvalue weighted by Crippen LogP contribution is 2.36. The van der Waals surface area contributed by atoms with Crippen molar-refractivity contribution in [2.24, 2.45) is 0 Å². The Morgan fingerprint density at radius 1 is 1.02 bits per heavy atom. The van der Waals surface area contributed by atoms with E-state index in [0.29, 0.717) is 41.7 Å². The number of hydrogen-bond acceptors (Lipinski definition) is 8. The van der Waals surface area contributed by atoms with Crippen molar-refractivity contribution < 1.29 is 38.8 Å². The smallest absolute Gasteiger partial charge is 0.328 e. The molecule has 1 aromatic heterocycles. The molecule has 0 aliphatic carbocycles. The van der Waals surface area contributed by atoms with Gasteiger partial charge in [-0.25, -0.2) is 9.59 Å². The van der Waals surface area contributed by atoms with Crippen molar-refractivity contribution in [3.05, 3.63) is 128 Å². The molecule has 11 heteroatoms. The van der Waals surface area contributed by atoms with E-state index in [1.165, 1.54) is 44.2 Å². The van der Waals surface area contributed by atoms with Crippen molar-refractivity contribution in [1.82, 2.24) is 4.90 Å². The number of aliphatic carboxylic acids is 2. The fraction of sp³-hybridized carbons (Fsp3) is 0.341. The number of fused-ring (bicyclic) bond motifs is 1. The highest BCUT2D eigenvalue weighted by molar-refractivity contribution is 6.30. The third-order valence-corrected chi connectivity index (χ3v) is 8.95. The Morgan fingerprint density at radius 3 is 2.17 bits per heavy atom. The van der Waals surface area contributed by atoms with E-state index < -0.39 is 17.5 Å². The number of aromatic hydroxyl groups is 1. The maximum absolute atomic E-state index is 12.0. The number of carboxylic acids is 2. The minimum atomic E-state index is -1.26. The summed E-state index contributed by atoms with van der Waals surface area (Å²) in [6.45, 7) is 9.82. The summed E-state index contributed by atoms with van der Waals surface area (Å²) in [5, 5.41) is 26.6. The van der Waals surface area contributed by atoms with Gasteiger partial charge in [0.15, 0.2) is 5.43 Å². The standard InChI is InChI=1S/C21H26ClNO.C16H18O4.C4H4O4/c1-21(17-7-4-3-5-8-17,18-10-12-19(22)13-11-18)24-16-14-20-9-6-15-23(20)2;1-9(2)5-6-11-14(19-4)8-13(18)15-12(17)7-10(3)20-16(11)15;5-3(6)1-2-4(7)8/h3-5,7-8,10-13,20H,6,9,14-16H2,1-2H3;5,7-8,18H,6H2,1-4H3;1-2H,(H,5,6)(H,7,8). The van der Waals surface area contributed by atoms with Crippen LogP contribution in [0.3, 0.4) is 0 Å². The molecule has 1 fully saturated rings. The SMILES string of the molecule is CN1CCCC1CCOC(C)(c1ccccc1)c1ccc(Cl)cc1.COc1cc(O)c2c(=O)cc(C)oc2c1CC=C(C)C.O=C(O)C=CC(=O)O. The number of carboxylic acid groups (broad SMARTS) is 2. The van der Waals surface area contributed by atoms with Crippen LogP contribution in [0.25, 0.3) is 11.0 Å². The maximum Gasteiger partial charge on any atom is 0.328 e. The normalized spacial score (nSPS) is 15.2. The number of carbonyl (C=O) groups is 2. The van der Waals surface area contributed by atoms with E-state index in [0.717, 1.165) is 34.8 Å². The average Bonchev–Trinajstić information content (AvgIpc) is 3.51. The first kappa shape index (κ1) is 41.5. The van der Waals surface area contributed by atoms with Crippen LogP contribution in [0.1, 0.15) is 62.5 Å². The molecule has 1 saturated heterocycles. The molecule has 1 aliphatic heterocycles. The van der Waals surface area contributed by atoms with Gasteiger partial charge in [0.2, 0.25) is 0 Å². The van der Waals surface area contributed by atoms with Gasteiger partial charge in [0.05, 0.1) is 7.11 Å². The molecule has 0 saturated carbocycles. The third-order valence-electron chi connectivity index (χ3n) is 8.70. The van der Waals surface area contributed by atoms with Crippen molar-refractivity contribution in [3.8, 4) is 11.5 Å². The molecular weight excluding hydrogens is 686 g/mol. The minimum Gasteiger partial charge on any atom is -0.507 e. The van der Waals surface area contributed by atoms with Crippen molar-refractivity contribution >= 4 is 34.5 Å². The quantitative estimate of drug-likeness (QED) is 0.102. The van der Waals surface area contributed by atoms with E-state index >= 15 is 0 Å². The zero-order valence-corrected chi connectivity index (χ0v) is 31.3. The Hall–Kier alpha value is -4.90. The number of allylic oxidation sites excluding steroid dienone is 2. The summed E-state index contributed by atoms with van der Waals surface area (Å²) >= 11 is 6.07. The van der Waals surface area contributed by atoms with Gasteiger partial charge in [-0.2, -0.15) is 0 Å². The van der Waals surface area contributed by atoms with Crippen molar-refractivity contribution in [2.75, 3.05) is 27.3 Å². The molecule has 5 rings (SSSR count). The predicted molar refractivity (Wildman–Crippen MR) is 204 cm³/mol. The van der Waals surface area contributed by atoms with Crippen molar-refractivity contribution in [2.45, 2.75) is 65.0 Å². The van der Waals surface area contributed by atoms with Gasteiger partial charge in [0.1, 0.15) is 33.8 Å². The van der Waals surface area contributed by atoms with Crippen LogP contribution in [0.4, 0.5) is 0 Å². The van der Waals surface area contributed by atoms with Gasteiger partial charge in [-0.3, -0.25) is 4.79 Å². The summed E-state index contributed by atoms with van der Waals surface area (Å²) in [5.41, 5.74) is 3.92. The molecule has 0 radical (unpaired) electrons. The summed E-state index contributed by atoms with van der Waals surface area (Å²) in [5.74, 6) is -1.61. The molecule has 0 amide bonds. The van der Waals surface area contributed by atoms with Crippen LogP contribution in [-0.2, 0) is 26.3 Å². The second kappa shape index (κ2) is 19.6. The second-order valence-electron chi connectivity index (χ2n) is 12.8. The van der Waals surface area contributed by atoms with Crippen LogP contribution in [0.2, 0.25) is 5.02 Å². The number of phenols is 1. The number of rotatable bonds is 11. The van der Waals surface area contributed by atoms with E-state index in [9.17, 15) is 19.5 Å². The number of hydrogen-bond donors (Lipinski definition) is 3. The van der Waals surface area contributed by atoms with Crippen molar-refractivity contribution in [3.63, 3.8) is 0 Å². The molecule has 3 aromatic carbocycles. The van der Waals surface area contributed by atoms with Gasteiger partial charge in [-0.05, 0) is 90.2 Å². The molecule has 2 heterocycles. The van der Waals surface area contributed by atoms with Gasteiger partial charge >= 0.3 is 11.9 Å². The summed E-state index contributed by atoms with van der Waals surface area (Å²) in [6.07, 6.45) is 7.37. The number of phenolic OH excluding ortho intramolecular Hbond substituents is 1. The van der Waals surface area contributed by atoms with Crippen LogP contribution in [0.15, 0.2) is 99.7 Å². The molecule has 3 N–H and O–H groups in total. The van der Waals surface area contributed by atoms with Crippen LogP contribution in [-0.4, -0.2) is 65.5 Å². The fourth-order valence-corrected chi connectivity index (χ4v) is 6.01. The Labute approximate surface area is 309 Å². The van der Waals surface area contributed by atoms with E-state index in [1.54, 1.807) is 6.92 Å². The zero-order chi connectivity index (χ0) is 38.4. The molecule has 0 spiro atoms. The molecule has 4 aromatic rings. The Morgan fingerprint density at radius 2 is 1.63 bits per heavy atom. The maximum atomic E-state index is 12.0. The lowest BCUT2D eigenvalue weighted by Gasteiger charge is -2.32. The first-order valence-corrected chi connectivity index (χ1v) is 17.3. The molecule has 1 aliphatic rings. The van der Waals surface area contributed by atoms with E-state index in [-0.39, 0.29) is 16.6 Å². The van der Waals surface area contributed by atoms with Gasteiger partial charge < -0.3 is 34.1 Å². The van der Waals surface area contributed by atoms with Crippen LogP contribution in [0, 0.1) is 6.92 Å². The largest absolute Gasteiger partial charge is 0.507 e. The van der Waals surface area contributed by atoms with Gasteiger partial charge in [-0.1, -0.05) is 65.7 Å². The van der Waals surface area contributed by atoms with E-state index in [2.05, 4.69) is 55.3 Å². The molecule has 2 atom stereocenters. The van der Waals surface area contributed by atoms with E-state index in [4.69, 9.17) is 35.7 Å². The molecule has 0 bridgehead atoms. The van der Waals surface area contributed by atoms with Gasteiger partial charge in [0.25, 0.3) is 0 Å².